The molecule has 90 valence electrons. The topological polar surface area (TPSA) is 24.1 Å². The van der Waals surface area contributed by atoms with Crippen LogP contribution in [0.15, 0.2) is 18.2 Å². The van der Waals surface area contributed by atoms with Crippen molar-refractivity contribution in [3.05, 3.63) is 35.4 Å². The van der Waals surface area contributed by atoms with Gasteiger partial charge in [0, 0.05) is 17.7 Å². The van der Waals surface area contributed by atoms with Gasteiger partial charge in [0.05, 0.1) is 0 Å². The molecule has 0 radical (unpaired) electrons. The van der Waals surface area contributed by atoms with Gasteiger partial charge in [-0.1, -0.05) is 6.07 Å². The average molecular weight is 228 g/mol. The van der Waals surface area contributed by atoms with Crippen molar-refractivity contribution in [1.82, 2.24) is 10.6 Å². The summed E-state index contributed by atoms with van der Waals surface area (Å²) in [5.74, 6) is -1.02. The van der Waals surface area contributed by atoms with Crippen LogP contribution >= 0.6 is 0 Å². The maximum Gasteiger partial charge on any atom is 0.130 e. The Hall–Kier alpha value is -1.00. The second-order valence-electron chi connectivity index (χ2n) is 3.75. The number of nitrogens with one attached hydrogen (secondary N) is 2. The van der Waals surface area contributed by atoms with Gasteiger partial charge in [-0.05, 0) is 39.5 Å². The minimum absolute atomic E-state index is 0.0612. The molecule has 2 nitrogen and oxygen atoms in total. The molecule has 0 saturated heterocycles. The molecule has 1 unspecified atom stereocenters. The summed E-state index contributed by atoms with van der Waals surface area (Å²) in [6.07, 6.45) is 1.76. The van der Waals surface area contributed by atoms with Gasteiger partial charge in [-0.3, -0.25) is 0 Å². The molecule has 0 aliphatic rings. The van der Waals surface area contributed by atoms with Crippen LogP contribution in [0.1, 0.15) is 24.4 Å². The molecular formula is C12H18F2N2. The van der Waals surface area contributed by atoms with Crippen LogP contribution < -0.4 is 10.6 Å². The first-order chi connectivity index (χ1) is 7.69. The first kappa shape index (κ1) is 13.1. The highest BCUT2D eigenvalue weighted by molar-refractivity contribution is 5.22. The summed E-state index contributed by atoms with van der Waals surface area (Å²) in [4.78, 5) is 0. The van der Waals surface area contributed by atoms with Crippen LogP contribution in [0.5, 0.6) is 0 Å². The standard InChI is InChI=1S/C12H18F2N2/c1-15-7-3-4-12(16-2)10-6-5-9(13)8-11(10)14/h5-6,8,12,15-16H,3-4,7H2,1-2H3. The molecule has 0 heterocycles. The Balaban J connectivity index is 2.70. The van der Waals surface area contributed by atoms with Crippen LogP contribution in [0, 0.1) is 11.6 Å². The second-order valence-corrected chi connectivity index (χ2v) is 3.75. The molecule has 0 amide bonds. The van der Waals surface area contributed by atoms with E-state index in [-0.39, 0.29) is 6.04 Å². The molecular weight excluding hydrogens is 210 g/mol. The lowest BCUT2D eigenvalue weighted by Crippen LogP contribution is -2.19. The molecule has 1 aromatic carbocycles. The van der Waals surface area contributed by atoms with Crippen LogP contribution in [0.3, 0.4) is 0 Å². The maximum absolute atomic E-state index is 13.5. The summed E-state index contributed by atoms with van der Waals surface area (Å²) in [5.41, 5.74) is 0.528. The molecule has 0 aliphatic heterocycles. The van der Waals surface area contributed by atoms with Crippen LogP contribution in [0.25, 0.3) is 0 Å². The number of hydrogen-bond donors (Lipinski definition) is 2. The van der Waals surface area contributed by atoms with Gasteiger partial charge in [-0.2, -0.15) is 0 Å². The first-order valence-electron chi connectivity index (χ1n) is 5.46. The van der Waals surface area contributed by atoms with Crippen molar-refractivity contribution >= 4 is 0 Å². The van der Waals surface area contributed by atoms with E-state index in [2.05, 4.69) is 10.6 Å². The van der Waals surface area contributed by atoms with E-state index in [1.54, 1.807) is 7.05 Å². The van der Waals surface area contributed by atoms with Gasteiger partial charge in [-0.25, -0.2) is 8.78 Å². The van der Waals surface area contributed by atoms with Crippen molar-refractivity contribution < 1.29 is 8.78 Å². The Morgan fingerprint density at radius 1 is 1.25 bits per heavy atom. The van der Waals surface area contributed by atoms with Crippen LogP contribution in [0.4, 0.5) is 8.78 Å². The summed E-state index contributed by atoms with van der Waals surface area (Å²) in [6.45, 7) is 0.890. The van der Waals surface area contributed by atoms with Gasteiger partial charge in [0.25, 0.3) is 0 Å². The highest BCUT2D eigenvalue weighted by Crippen LogP contribution is 2.21. The van der Waals surface area contributed by atoms with Crippen molar-refractivity contribution in [2.24, 2.45) is 0 Å². The quantitative estimate of drug-likeness (QED) is 0.730. The van der Waals surface area contributed by atoms with Gasteiger partial charge in [-0.15, -0.1) is 0 Å². The Labute approximate surface area is 95.1 Å². The third-order valence-electron chi connectivity index (χ3n) is 2.61. The number of halogens is 2. The van der Waals surface area contributed by atoms with Crippen molar-refractivity contribution in [2.45, 2.75) is 18.9 Å². The van der Waals surface area contributed by atoms with Crippen LogP contribution in [0.2, 0.25) is 0 Å². The van der Waals surface area contributed by atoms with Crippen molar-refractivity contribution in [1.29, 1.82) is 0 Å². The monoisotopic (exact) mass is 228 g/mol. The van der Waals surface area contributed by atoms with Crippen molar-refractivity contribution in [2.75, 3.05) is 20.6 Å². The fourth-order valence-electron chi connectivity index (χ4n) is 1.72. The molecule has 16 heavy (non-hydrogen) atoms. The summed E-state index contributed by atoms with van der Waals surface area (Å²) >= 11 is 0. The Bertz CT molecular complexity index is 329. The van der Waals surface area contributed by atoms with E-state index < -0.39 is 11.6 Å². The maximum atomic E-state index is 13.5. The van der Waals surface area contributed by atoms with E-state index in [1.807, 2.05) is 7.05 Å². The summed E-state index contributed by atoms with van der Waals surface area (Å²) in [5, 5.41) is 6.09. The lowest BCUT2D eigenvalue weighted by molar-refractivity contribution is 0.484. The van der Waals surface area contributed by atoms with Gasteiger partial charge >= 0.3 is 0 Å². The Kier molecular flexibility index (Phi) is 5.35. The lowest BCUT2D eigenvalue weighted by atomic mass is 10.0. The van der Waals surface area contributed by atoms with Gasteiger partial charge in [0.2, 0.25) is 0 Å². The third kappa shape index (κ3) is 3.54. The predicted octanol–water partition coefficient (Wildman–Crippen LogP) is 2.22. The van der Waals surface area contributed by atoms with E-state index in [9.17, 15) is 8.78 Å². The van der Waals surface area contributed by atoms with E-state index in [4.69, 9.17) is 0 Å². The summed E-state index contributed by atoms with van der Waals surface area (Å²) in [7, 11) is 3.67. The zero-order chi connectivity index (χ0) is 12.0. The summed E-state index contributed by atoms with van der Waals surface area (Å²) < 4.78 is 26.3. The van der Waals surface area contributed by atoms with Crippen LogP contribution in [-0.2, 0) is 0 Å². The largest absolute Gasteiger partial charge is 0.320 e. The molecule has 1 atom stereocenters. The van der Waals surface area contributed by atoms with E-state index in [0.29, 0.717) is 5.56 Å². The fourth-order valence-corrected chi connectivity index (χ4v) is 1.72. The Morgan fingerprint density at radius 3 is 2.56 bits per heavy atom. The highest BCUT2D eigenvalue weighted by Gasteiger charge is 2.13. The molecule has 0 aromatic heterocycles. The summed E-state index contributed by atoms with van der Waals surface area (Å²) in [6, 6.07) is 3.66. The zero-order valence-electron chi connectivity index (χ0n) is 9.69. The average Bonchev–Trinajstić information content (AvgIpc) is 2.26. The molecule has 4 heteroatoms. The molecule has 0 bridgehead atoms. The fraction of sp³-hybridized carbons (Fsp3) is 0.500. The number of benzene rings is 1. The molecule has 1 aromatic rings. The molecule has 0 fully saturated rings. The SMILES string of the molecule is CNCCCC(NC)c1ccc(F)cc1F. The van der Waals surface area contributed by atoms with Gasteiger partial charge < -0.3 is 10.6 Å². The van der Waals surface area contributed by atoms with Gasteiger partial charge in [0.15, 0.2) is 0 Å². The van der Waals surface area contributed by atoms with Gasteiger partial charge in [0.1, 0.15) is 11.6 Å². The number of rotatable bonds is 6. The van der Waals surface area contributed by atoms with E-state index >= 15 is 0 Å². The van der Waals surface area contributed by atoms with E-state index in [1.165, 1.54) is 12.1 Å². The highest BCUT2D eigenvalue weighted by atomic mass is 19.1. The molecule has 2 N–H and O–H groups in total. The third-order valence-corrected chi connectivity index (χ3v) is 2.61. The molecule has 0 spiro atoms. The lowest BCUT2D eigenvalue weighted by Gasteiger charge is -2.17. The van der Waals surface area contributed by atoms with E-state index in [0.717, 1.165) is 25.5 Å². The Morgan fingerprint density at radius 2 is 2.00 bits per heavy atom. The zero-order valence-corrected chi connectivity index (χ0v) is 9.69. The molecule has 0 saturated carbocycles. The first-order valence-corrected chi connectivity index (χ1v) is 5.46. The second kappa shape index (κ2) is 6.55. The predicted molar refractivity (Wildman–Crippen MR) is 61.3 cm³/mol. The smallest absolute Gasteiger partial charge is 0.130 e. The molecule has 1 rings (SSSR count). The minimum Gasteiger partial charge on any atom is -0.320 e. The van der Waals surface area contributed by atoms with Crippen molar-refractivity contribution in [3.8, 4) is 0 Å². The van der Waals surface area contributed by atoms with Crippen molar-refractivity contribution in [3.63, 3.8) is 0 Å². The van der Waals surface area contributed by atoms with Crippen LogP contribution in [-0.4, -0.2) is 20.6 Å². The normalized spacial score (nSPS) is 12.8. The minimum atomic E-state index is -0.536. The number of hydrogen-bond acceptors (Lipinski definition) is 2. The molecule has 0 aliphatic carbocycles.